The Morgan fingerprint density at radius 2 is 1.58 bits per heavy atom. The van der Waals surface area contributed by atoms with Gasteiger partial charge in [-0.1, -0.05) is 25.7 Å². The lowest BCUT2D eigenvalue weighted by Gasteiger charge is -2.44. The zero-order valence-corrected chi connectivity index (χ0v) is 12.6. The van der Waals surface area contributed by atoms with E-state index >= 15 is 0 Å². The molecule has 0 unspecified atom stereocenters. The molecule has 2 heteroatoms. The molecule has 0 bridgehead atoms. The fourth-order valence-electron chi connectivity index (χ4n) is 4.78. The molecule has 1 N–H and O–H groups in total. The van der Waals surface area contributed by atoms with E-state index in [0.717, 1.165) is 11.3 Å². The molecule has 110 valence electrons. The number of hydrogen-bond donors (Lipinski definition) is 1. The van der Waals surface area contributed by atoms with Gasteiger partial charge in [-0.15, -0.1) is 0 Å². The van der Waals surface area contributed by atoms with Gasteiger partial charge in [-0.2, -0.15) is 0 Å². The maximum absolute atomic E-state index is 3.50. The number of piperidine rings is 2. The predicted octanol–water partition coefficient (Wildman–Crippen LogP) is 3.42. The standard InChI is InChI=1S/C17H32N2/c1-2-4-9-17(8-3-1)10-5-13-19(15-17)14-16-6-11-18-12-7-16/h16,18H,1-15H2. The van der Waals surface area contributed by atoms with Crippen LogP contribution in [0.15, 0.2) is 0 Å². The first-order chi connectivity index (χ1) is 9.36. The van der Waals surface area contributed by atoms with Crippen LogP contribution in [0.2, 0.25) is 0 Å². The van der Waals surface area contributed by atoms with Crippen molar-refractivity contribution in [2.75, 3.05) is 32.7 Å². The molecule has 2 heterocycles. The Balaban J connectivity index is 1.54. The molecule has 0 atom stereocenters. The van der Waals surface area contributed by atoms with Gasteiger partial charge in [-0.3, -0.25) is 0 Å². The van der Waals surface area contributed by atoms with Crippen molar-refractivity contribution in [3.8, 4) is 0 Å². The van der Waals surface area contributed by atoms with Crippen LogP contribution in [0.1, 0.15) is 64.2 Å². The quantitative estimate of drug-likeness (QED) is 0.822. The van der Waals surface area contributed by atoms with Gasteiger partial charge in [0.25, 0.3) is 0 Å². The fraction of sp³-hybridized carbons (Fsp3) is 1.00. The minimum absolute atomic E-state index is 0.724. The molecule has 1 saturated carbocycles. The average Bonchev–Trinajstić information content (AvgIpc) is 2.66. The maximum atomic E-state index is 3.50. The second kappa shape index (κ2) is 6.58. The molecule has 0 aromatic heterocycles. The summed E-state index contributed by atoms with van der Waals surface area (Å²) in [5.74, 6) is 0.974. The summed E-state index contributed by atoms with van der Waals surface area (Å²) in [5.41, 5.74) is 0.724. The van der Waals surface area contributed by atoms with Gasteiger partial charge in [0.05, 0.1) is 0 Å². The molecular weight excluding hydrogens is 232 g/mol. The monoisotopic (exact) mass is 264 g/mol. The van der Waals surface area contributed by atoms with Gasteiger partial charge < -0.3 is 10.2 Å². The maximum Gasteiger partial charge on any atom is 0.00381 e. The predicted molar refractivity (Wildman–Crippen MR) is 81.4 cm³/mol. The third kappa shape index (κ3) is 3.72. The highest BCUT2D eigenvalue weighted by Crippen LogP contribution is 2.42. The Morgan fingerprint density at radius 3 is 2.32 bits per heavy atom. The van der Waals surface area contributed by atoms with Crippen molar-refractivity contribution in [3.05, 3.63) is 0 Å². The summed E-state index contributed by atoms with van der Waals surface area (Å²) >= 11 is 0. The van der Waals surface area contributed by atoms with E-state index in [-0.39, 0.29) is 0 Å². The smallest absolute Gasteiger partial charge is 0.00381 e. The minimum atomic E-state index is 0.724. The van der Waals surface area contributed by atoms with Crippen molar-refractivity contribution in [2.24, 2.45) is 11.3 Å². The van der Waals surface area contributed by atoms with Crippen LogP contribution in [0.3, 0.4) is 0 Å². The number of hydrogen-bond acceptors (Lipinski definition) is 2. The second-order valence-electron chi connectivity index (χ2n) is 7.45. The molecule has 3 aliphatic rings. The van der Waals surface area contributed by atoms with Gasteiger partial charge in [0.15, 0.2) is 0 Å². The summed E-state index contributed by atoms with van der Waals surface area (Å²) in [6.45, 7) is 6.71. The summed E-state index contributed by atoms with van der Waals surface area (Å²) in [4.78, 5) is 2.84. The van der Waals surface area contributed by atoms with Crippen LogP contribution in [0.25, 0.3) is 0 Å². The zero-order chi connectivity index (χ0) is 13.0. The Morgan fingerprint density at radius 1 is 0.895 bits per heavy atom. The summed E-state index contributed by atoms with van der Waals surface area (Å²) in [5, 5.41) is 3.50. The molecule has 3 fully saturated rings. The number of likely N-dealkylation sites (tertiary alicyclic amines) is 1. The first-order valence-corrected chi connectivity index (χ1v) is 8.79. The van der Waals surface area contributed by atoms with Crippen LogP contribution in [0.4, 0.5) is 0 Å². The van der Waals surface area contributed by atoms with Gasteiger partial charge in [0.2, 0.25) is 0 Å². The van der Waals surface area contributed by atoms with E-state index in [2.05, 4.69) is 10.2 Å². The first kappa shape index (κ1) is 13.9. The lowest BCUT2D eigenvalue weighted by atomic mass is 9.74. The van der Waals surface area contributed by atoms with Crippen LogP contribution in [-0.4, -0.2) is 37.6 Å². The van der Waals surface area contributed by atoms with E-state index in [1.54, 1.807) is 0 Å². The molecule has 0 aromatic carbocycles. The molecule has 19 heavy (non-hydrogen) atoms. The Bertz CT molecular complexity index is 262. The molecule has 0 radical (unpaired) electrons. The molecule has 3 rings (SSSR count). The van der Waals surface area contributed by atoms with Gasteiger partial charge in [-0.25, -0.2) is 0 Å². The van der Waals surface area contributed by atoms with Crippen LogP contribution in [0.5, 0.6) is 0 Å². The number of nitrogens with zero attached hydrogens (tertiary/aromatic N) is 1. The Hall–Kier alpha value is -0.0800. The summed E-state index contributed by atoms with van der Waals surface area (Å²) < 4.78 is 0. The number of nitrogens with one attached hydrogen (secondary N) is 1. The Kier molecular flexibility index (Phi) is 4.81. The van der Waals surface area contributed by atoms with Crippen LogP contribution < -0.4 is 5.32 Å². The third-order valence-corrected chi connectivity index (χ3v) is 5.88. The average molecular weight is 264 g/mol. The fourth-order valence-corrected chi connectivity index (χ4v) is 4.78. The van der Waals surface area contributed by atoms with Gasteiger partial charge in [0, 0.05) is 13.1 Å². The minimum Gasteiger partial charge on any atom is -0.317 e. The largest absolute Gasteiger partial charge is 0.317 e. The molecule has 0 aromatic rings. The third-order valence-electron chi connectivity index (χ3n) is 5.88. The Labute approximate surface area is 119 Å². The van der Waals surface area contributed by atoms with E-state index in [0.29, 0.717) is 0 Å². The van der Waals surface area contributed by atoms with E-state index in [4.69, 9.17) is 0 Å². The van der Waals surface area contributed by atoms with Crippen molar-refractivity contribution < 1.29 is 0 Å². The van der Waals surface area contributed by atoms with E-state index in [1.807, 2.05) is 0 Å². The highest BCUT2D eigenvalue weighted by atomic mass is 15.1. The lowest BCUT2D eigenvalue weighted by Crippen LogP contribution is -2.46. The molecule has 1 spiro atoms. The van der Waals surface area contributed by atoms with Crippen molar-refractivity contribution in [1.82, 2.24) is 10.2 Å². The summed E-state index contributed by atoms with van der Waals surface area (Å²) in [7, 11) is 0. The van der Waals surface area contributed by atoms with Gasteiger partial charge >= 0.3 is 0 Å². The van der Waals surface area contributed by atoms with Crippen LogP contribution in [-0.2, 0) is 0 Å². The molecule has 0 amide bonds. The SMILES string of the molecule is C1CCCC2(CC1)CCCN(CC1CCNCC1)C2. The summed E-state index contributed by atoms with van der Waals surface area (Å²) in [6, 6.07) is 0. The van der Waals surface area contributed by atoms with Crippen molar-refractivity contribution in [3.63, 3.8) is 0 Å². The first-order valence-electron chi connectivity index (χ1n) is 8.79. The molecule has 2 aliphatic heterocycles. The van der Waals surface area contributed by atoms with E-state index < -0.39 is 0 Å². The molecule has 1 aliphatic carbocycles. The van der Waals surface area contributed by atoms with Crippen molar-refractivity contribution >= 4 is 0 Å². The topological polar surface area (TPSA) is 15.3 Å². The molecule has 2 nitrogen and oxygen atoms in total. The lowest BCUT2D eigenvalue weighted by molar-refractivity contribution is 0.0588. The van der Waals surface area contributed by atoms with Crippen molar-refractivity contribution in [2.45, 2.75) is 64.2 Å². The van der Waals surface area contributed by atoms with Crippen LogP contribution in [0, 0.1) is 11.3 Å². The van der Waals surface area contributed by atoms with E-state index in [1.165, 1.54) is 96.9 Å². The number of rotatable bonds is 2. The highest BCUT2D eigenvalue weighted by Gasteiger charge is 2.36. The zero-order valence-electron chi connectivity index (χ0n) is 12.6. The highest BCUT2D eigenvalue weighted by molar-refractivity contribution is 4.89. The van der Waals surface area contributed by atoms with E-state index in [9.17, 15) is 0 Å². The second-order valence-corrected chi connectivity index (χ2v) is 7.45. The summed E-state index contributed by atoms with van der Waals surface area (Å²) in [6.07, 6.45) is 14.8. The van der Waals surface area contributed by atoms with Crippen LogP contribution >= 0.6 is 0 Å². The van der Waals surface area contributed by atoms with Crippen molar-refractivity contribution in [1.29, 1.82) is 0 Å². The van der Waals surface area contributed by atoms with Gasteiger partial charge in [-0.05, 0) is 69.5 Å². The molecule has 2 saturated heterocycles. The normalized spacial score (nSPS) is 30.3. The van der Waals surface area contributed by atoms with Gasteiger partial charge in [0.1, 0.15) is 0 Å². The molecular formula is C17H32N2.